The number of morpholine rings is 1. The van der Waals surface area contributed by atoms with Crippen molar-refractivity contribution in [1.82, 2.24) is 9.80 Å². The summed E-state index contributed by atoms with van der Waals surface area (Å²) in [6.07, 6.45) is 7.81. The lowest BCUT2D eigenvalue weighted by Gasteiger charge is -2.35. The maximum atomic E-state index is 12.5. The number of ether oxygens (including phenoxy) is 1. The molecule has 6 nitrogen and oxygen atoms in total. The van der Waals surface area contributed by atoms with Crippen molar-refractivity contribution in [2.45, 2.75) is 44.0 Å². The Morgan fingerprint density at radius 3 is 2.85 bits per heavy atom. The van der Waals surface area contributed by atoms with Crippen molar-refractivity contribution in [1.29, 1.82) is 0 Å². The summed E-state index contributed by atoms with van der Waals surface area (Å²) in [5.74, 6) is 2.72. The summed E-state index contributed by atoms with van der Waals surface area (Å²) in [5, 5.41) is 8.19. The quantitative estimate of drug-likeness (QED) is 0.630. The predicted molar refractivity (Wildman–Crippen MR) is 104 cm³/mol. The topological polar surface area (TPSA) is 57.5 Å². The minimum absolute atomic E-state index is 0.0436. The van der Waals surface area contributed by atoms with Crippen molar-refractivity contribution in [3.8, 4) is 12.3 Å². The van der Waals surface area contributed by atoms with Gasteiger partial charge in [0.25, 0.3) is 0 Å². The molecule has 6 heteroatoms. The van der Waals surface area contributed by atoms with E-state index in [1.807, 2.05) is 13.1 Å². The maximum absolute atomic E-state index is 12.5. The average molecular weight is 368 g/mol. The smallest absolute Gasteiger partial charge is 0.222 e. The lowest BCUT2D eigenvalue weighted by Crippen LogP contribution is -2.47. The Morgan fingerprint density at radius 1 is 1.37 bits per heavy atom. The maximum Gasteiger partial charge on any atom is 0.222 e. The van der Waals surface area contributed by atoms with E-state index in [9.17, 15) is 4.79 Å². The molecule has 1 atom stereocenters. The van der Waals surface area contributed by atoms with E-state index in [0.29, 0.717) is 32.4 Å². The standard InChI is InChI=1S/C21H28N4O2/c1-3-4-11-21(22-23-21)12-10-20(26)24(2)16-19-17-25(13-14-27-19)15-18-8-6-5-7-9-18/h1,5-9,19H,4,10-17H2,2H3. The second-order valence-electron chi connectivity index (χ2n) is 7.37. The van der Waals surface area contributed by atoms with Gasteiger partial charge in [0.05, 0.1) is 12.7 Å². The van der Waals surface area contributed by atoms with Gasteiger partial charge in [-0.1, -0.05) is 30.3 Å². The number of terminal acetylenes is 1. The van der Waals surface area contributed by atoms with Gasteiger partial charge in [-0.2, -0.15) is 10.2 Å². The summed E-state index contributed by atoms with van der Waals surface area (Å²) in [6.45, 7) is 3.98. The molecule has 0 saturated carbocycles. The molecule has 1 saturated heterocycles. The van der Waals surface area contributed by atoms with Gasteiger partial charge in [-0.05, 0) is 5.56 Å². The van der Waals surface area contributed by atoms with E-state index >= 15 is 0 Å². The van der Waals surface area contributed by atoms with Crippen LogP contribution in [0.4, 0.5) is 0 Å². The van der Waals surface area contributed by atoms with Crippen molar-refractivity contribution in [2.24, 2.45) is 10.2 Å². The number of nitrogens with zero attached hydrogens (tertiary/aromatic N) is 4. The Kier molecular flexibility index (Phi) is 6.59. The van der Waals surface area contributed by atoms with Crippen LogP contribution in [0.1, 0.15) is 31.2 Å². The normalized spacial score (nSPS) is 20.8. The number of carbonyl (C=O) groups excluding carboxylic acids is 1. The van der Waals surface area contributed by atoms with E-state index < -0.39 is 5.66 Å². The fourth-order valence-electron chi connectivity index (χ4n) is 3.45. The summed E-state index contributed by atoms with van der Waals surface area (Å²) in [5.41, 5.74) is 0.910. The summed E-state index contributed by atoms with van der Waals surface area (Å²) >= 11 is 0. The van der Waals surface area contributed by atoms with Crippen LogP contribution in [0.2, 0.25) is 0 Å². The summed E-state index contributed by atoms with van der Waals surface area (Å²) in [7, 11) is 1.84. The Morgan fingerprint density at radius 2 is 2.15 bits per heavy atom. The van der Waals surface area contributed by atoms with E-state index in [0.717, 1.165) is 26.1 Å². The van der Waals surface area contributed by atoms with Crippen LogP contribution in [0.15, 0.2) is 40.6 Å². The SMILES string of the molecule is C#CCCC1(CCC(=O)N(C)CC2CN(Cc3ccccc3)CCO2)N=N1. The number of hydrogen-bond acceptors (Lipinski definition) is 5. The highest BCUT2D eigenvalue weighted by atomic mass is 16.5. The van der Waals surface area contributed by atoms with Gasteiger partial charge >= 0.3 is 0 Å². The van der Waals surface area contributed by atoms with Crippen LogP contribution in [-0.4, -0.2) is 60.8 Å². The molecule has 2 aliphatic rings. The third-order valence-electron chi connectivity index (χ3n) is 5.17. The van der Waals surface area contributed by atoms with E-state index in [4.69, 9.17) is 11.2 Å². The molecule has 1 aromatic rings. The van der Waals surface area contributed by atoms with Crippen LogP contribution >= 0.6 is 0 Å². The van der Waals surface area contributed by atoms with E-state index in [-0.39, 0.29) is 12.0 Å². The predicted octanol–water partition coefficient (Wildman–Crippen LogP) is 2.70. The molecule has 2 aliphatic heterocycles. The first kappa shape index (κ1) is 19.5. The molecule has 0 aromatic heterocycles. The molecule has 1 unspecified atom stereocenters. The lowest BCUT2D eigenvalue weighted by atomic mass is 10.0. The van der Waals surface area contributed by atoms with Crippen LogP contribution < -0.4 is 0 Å². The number of likely N-dealkylation sites (N-methyl/N-ethyl adjacent to an activating group) is 1. The molecular weight excluding hydrogens is 340 g/mol. The molecule has 0 bridgehead atoms. The molecule has 3 rings (SSSR count). The monoisotopic (exact) mass is 368 g/mol. The first-order valence-corrected chi connectivity index (χ1v) is 9.60. The zero-order chi connectivity index (χ0) is 19.1. The summed E-state index contributed by atoms with van der Waals surface area (Å²) in [4.78, 5) is 16.6. The Balaban J connectivity index is 1.41. The van der Waals surface area contributed by atoms with Crippen LogP contribution in [0, 0.1) is 12.3 Å². The molecule has 1 aromatic carbocycles. The molecule has 2 heterocycles. The molecule has 0 radical (unpaired) electrons. The molecule has 1 amide bonds. The van der Waals surface area contributed by atoms with Crippen molar-refractivity contribution in [3.63, 3.8) is 0 Å². The minimum atomic E-state index is -0.392. The molecule has 0 spiro atoms. The van der Waals surface area contributed by atoms with E-state index in [1.165, 1.54) is 5.56 Å². The third-order valence-corrected chi connectivity index (χ3v) is 5.17. The van der Waals surface area contributed by atoms with E-state index in [2.05, 4.69) is 45.3 Å². The van der Waals surface area contributed by atoms with Crippen LogP contribution in [0.25, 0.3) is 0 Å². The molecular formula is C21H28N4O2. The second kappa shape index (κ2) is 9.12. The van der Waals surface area contributed by atoms with Gasteiger partial charge in [-0.3, -0.25) is 9.69 Å². The van der Waals surface area contributed by atoms with Crippen LogP contribution in [0.3, 0.4) is 0 Å². The number of carbonyl (C=O) groups is 1. The van der Waals surface area contributed by atoms with Gasteiger partial charge in [-0.25, -0.2) is 0 Å². The zero-order valence-corrected chi connectivity index (χ0v) is 16.0. The van der Waals surface area contributed by atoms with Crippen LogP contribution in [0.5, 0.6) is 0 Å². The largest absolute Gasteiger partial charge is 0.374 e. The fourth-order valence-corrected chi connectivity index (χ4v) is 3.45. The van der Waals surface area contributed by atoms with Crippen molar-refractivity contribution >= 4 is 5.91 Å². The Bertz CT molecular complexity index is 692. The number of amides is 1. The average Bonchev–Trinajstić information content (AvgIpc) is 3.46. The van der Waals surface area contributed by atoms with Crippen molar-refractivity contribution in [2.75, 3.05) is 33.3 Å². The summed E-state index contributed by atoms with van der Waals surface area (Å²) in [6, 6.07) is 10.4. The first-order chi connectivity index (χ1) is 13.1. The molecule has 0 N–H and O–H groups in total. The van der Waals surface area contributed by atoms with Crippen molar-refractivity contribution < 1.29 is 9.53 Å². The minimum Gasteiger partial charge on any atom is -0.374 e. The molecule has 1 fully saturated rings. The van der Waals surface area contributed by atoms with Crippen molar-refractivity contribution in [3.05, 3.63) is 35.9 Å². The molecule has 144 valence electrons. The lowest BCUT2D eigenvalue weighted by molar-refractivity contribution is -0.133. The molecule has 27 heavy (non-hydrogen) atoms. The summed E-state index contributed by atoms with van der Waals surface area (Å²) < 4.78 is 5.88. The van der Waals surface area contributed by atoms with Gasteiger partial charge in [0.15, 0.2) is 5.66 Å². The van der Waals surface area contributed by atoms with Gasteiger partial charge in [-0.15, -0.1) is 12.3 Å². The Hall–Kier alpha value is -2.23. The Labute approximate surface area is 161 Å². The fraction of sp³-hybridized carbons (Fsp3) is 0.571. The van der Waals surface area contributed by atoms with Gasteiger partial charge in [0, 0.05) is 58.9 Å². The highest BCUT2D eigenvalue weighted by Crippen LogP contribution is 2.37. The second-order valence-corrected chi connectivity index (χ2v) is 7.37. The third kappa shape index (κ3) is 5.88. The highest BCUT2D eigenvalue weighted by Gasteiger charge is 2.39. The van der Waals surface area contributed by atoms with Gasteiger partial charge < -0.3 is 9.64 Å². The zero-order valence-electron chi connectivity index (χ0n) is 16.0. The highest BCUT2D eigenvalue weighted by molar-refractivity contribution is 5.76. The van der Waals surface area contributed by atoms with E-state index in [1.54, 1.807) is 4.90 Å². The number of rotatable bonds is 9. The van der Waals surface area contributed by atoms with Gasteiger partial charge in [0.2, 0.25) is 5.91 Å². The first-order valence-electron chi connectivity index (χ1n) is 9.60. The molecule has 0 aliphatic carbocycles. The van der Waals surface area contributed by atoms with Gasteiger partial charge in [0.1, 0.15) is 0 Å². The van der Waals surface area contributed by atoms with Crippen LogP contribution in [-0.2, 0) is 16.1 Å². The number of hydrogen-bond donors (Lipinski definition) is 0. The number of benzene rings is 1.